The first-order valence-corrected chi connectivity index (χ1v) is 42.7. The Bertz CT molecular complexity index is 5970. The number of benzene rings is 6. The van der Waals surface area contributed by atoms with Crippen molar-refractivity contribution in [3.05, 3.63) is 210 Å². The molecular formula is C85H89B3Br2Cl3F6N11O17. The topological polar surface area (TPSA) is 317 Å². The van der Waals surface area contributed by atoms with E-state index >= 15 is 0 Å². The Hall–Kier alpha value is -9.32. The van der Waals surface area contributed by atoms with Crippen LogP contribution >= 0.6 is 66.7 Å². The van der Waals surface area contributed by atoms with Gasteiger partial charge in [0.2, 0.25) is 0 Å². The summed E-state index contributed by atoms with van der Waals surface area (Å²) >= 11 is 21.0. The Balaban J connectivity index is 0.000000144. The number of alkyl halides is 9. The molecule has 3 saturated heterocycles. The molecule has 3 amide bonds. The number of rotatable bonds is 15. The average molecular weight is 1950 g/mol. The summed E-state index contributed by atoms with van der Waals surface area (Å²) in [5.41, 5.74) is -5.69. The van der Waals surface area contributed by atoms with Gasteiger partial charge in [-0.2, -0.15) is 0 Å². The van der Waals surface area contributed by atoms with Gasteiger partial charge in [0.25, 0.3) is 17.7 Å². The molecule has 0 radical (unpaired) electrons. The molecule has 0 saturated carbocycles. The molecule has 6 aliphatic heterocycles. The number of carbonyl (C=O) groups is 3. The van der Waals surface area contributed by atoms with E-state index in [0.29, 0.717) is 111 Å². The second kappa shape index (κ2) is 36.9. The fourth-order valence-corrected chi connectivity index (χ4v) is 15.6. The highest BCUT2D eigenvalue weighted by atomic mass is 79.9. The third-order valence-electron chi connectivity index (χ3n) is 22.5. The minimum atomic E-state index is -3.83. The molecule has 6 aromatic carbocycles. The van der Waals surface area contributed by atoms with E-state index in [0.717, 1.165) is 38.5 Å². The lowest BCUT2D eigenvalue weighted by Gasteiger charge is -2.32. The number of carbonyl (C=O) groups excluding carboxylic acids is 3. The van der Waals surface area contributed by atoms with Crippen molar-refractivity contribution in [2.45, 2.75) is 192 Å². The summed E-state index contributed by atoms with van der Waals surface area (Å²) in [6.07, 6.45) is 3.14. The van der Waals surface area contributed by atoms with Crippen molar-refractivity contribution in [1.82, 2.24) is 38.6 Å². The molecule has 42 heteroatoms. The van der Waals surface area contributed by atoms with Crippen molar-refractivity contribution in [2.75, 3.05) is 35.8 Å². The lowest BCUT2D eigenvalue weighted by Crippen LogP contribution is -2.41. The van der Waals surface area contributed by atoms with E-state index < -0.39 is 60.9 Å². The Labute approximate surface area is 757 Å². The summed E-state index contributed by atoms with van der Waals surface area (Å²) in [6, 6.07) is 32.5. The summed E-state index contributed by atoms with van der Waals surface area (Å²) in [5, 5.41) is 8.22. The highest BCUT2D eigenvalue weighted by Gasteiger charge is 2.64. The molecule has 3 fully saturated rings. The number of aromatic amines is 2. The van der Waals surface area contributed by atoms with Crippen molar-refractivity contribution in [3.8, 4) is 28.5 Å². The average Bonchev–Trinajstić information content (AvgIpc) is 1.57. The first kappa shape index (κ1) is 95.3. The van der Waals surface area contributed by atoms with Crippen molar-refractivity contribution < 1.29 is 97.1 Å². The van der Waals surface area contributed by atoms with Crippen LogP contribution in [0.5, 0.6) is 17.2 Å². The summed E-state index contributed by atoms with van der Waals surface area (Å²) in [5.74, 6) is 0.666. The third kappa shape index (κ3) is 22.2. The first-order chi connectivity index (χ1) is 59.3. The standard InChI is InChI=1S/C25H27BClF2N3O5.C24H19ClF2N4O4.C19H15BrClF2N3O3.C12H24B2O4.C5H4BrNO/c1-14-12-34-13-20-31-19-11-15(22(33)30-16-6-8-17(9-7-16)35-25(27,28)29)10-18(21(19)32(14)20)26-36-23(2,3)24(4,5)37-26;1-13-11-34-12-21-30-20-9-14(8-18(22(20)31(13)21)19-10-16(32)6-7-28-19)23(33)29-15-2-4-17(5-3-15)35-24(25,26)27;1-10-8-28-9-16-25-15-7-11(6-14(20)17(15)26(10)16)18(27)24-12-2-4-13(5-3-12)29-19(21,22)23;1-9(2)10(3,4)16-13(15-9)14-17-11(5,6)12(7,8)18-14;6-5-3-4(8)1-2-7-5/h6-11,14H,12-13H2,1-5H3,(H,30,33);2-10,13H,11-12H2,1H3,(H,28,32)(H,29,33);2-7,10H,8-9H2,1H3,(H,24,27);1-8H3;1-3H,(H,7,8)/t14-;13-;10-;;/m111../s1. The smallest absolute Gasteiger partial charge is 0.420 e. The molecule has 11 aromatic rings. The fraction of sp³-hybridized carbons (Fsp3) is 0.388. The molecule has 6 aliphatic rings. The maximum absolute atomic E-state index is 13.3. The zero-order valence-electron chi connectivity index (χ0n) is 71.3. The minimum Gasteiger partial charge on any atom is -0.420 e. The number of fused-ring (bicyclic) bond motifs is 9. The summed E-state index contributed by atoms with van der Waals surface area (Å²) < 4.78 is 151. The summed E-state index contributed by atoms with van der Waals surface area (Å²) in [4.78, 5) is 81.4. The lowest BCUT2D eigenvalue weighted by atomic mass is 9.49. The number of ether oxygens (including phenoxy) is 6. The minimum absolute atomic E-state index is 0.00984. The monoisotopic (exact) mass is 1950 g/mol. The van der Waals surface area contributed by atoms with Gasteiger partial charge in [-0.3, -0.25) is 24.0 Å². The summed E-state index contributed by atoms with van der Waals surface area (Å²) in [7, 11) is -1.67. The van der Waals surface area contributed by atoms with Gasteiger partial charge in [-0.05, 0) is 245 Å². The van der Waals surface area contributed by atoms with Crippen LogP contribution in [-0.4, -0.2) is 148 Å². The van der Waals surface area contributed by atoms with Crippen LogP contribution in [0.15, 0.2) is 165 Å². The highest BCUT2D eigenvalue weighted by molar-refractivity contribution is 9.10. The van der Waals surface area contributed by atoms with E-state index in [2.05, 4.69) is 95.7 Å². The number of H-pyrrole nitrogens is 2. The highest BCUT2D eigenvalue weighted by Crippen LogP contribution is 2.45. The molecular weight excluding hydrogens is 1860 g/mol. The number of anilines is 3. The second-order valence-corrected chi connectivity index (χ2v) is 36.7. The third-order valence-corrected chi connectivity index (χ3v) is 23.8. The molecule has 0 aliphatic carbocycles. The number of amides is 3. The second-order valence-electron chi connectivity index (χ2n) is 33.7. The zero-order valence-corrected chi connectivity index (χ0v) is 76.8. The van der Waals surface area contributed by atoms with Gasteiger partial charge in [-0.15, -0.1) is 26.3 Å². The number of halogens is 11. The molecule has 17 rings (SSSR count). The predicted octanol–water partition coefficient (Wildman–Crippen LogP) is 18.4. The van der Waals surface area contributed by atoms with Gasteiger partial charge >= 0.3 is 37.8 Å². The number of nitrogens with one attached hydrogen (secondary N) is 5. The van der Waals surface area contributed by atoms with Crippen LogP contribution in [0, 0.1) is 0 Å². The number of imidazole rings is 3. The van der Waals surface area contributed by atoms with Crippen LogP contribution < -0.4 is 46.5 Å². The van der Waals surface area contributed by atoms with E-state index in [-0.39, 0.29) is 74.5 Å². The van der Waals surface area contributed by atoms with Crippen LogP contribution in [0.25, 0.3) is 44.4 Å². The Kier molecular flexibility index (Phi) is 27.7. The molecule has 5 aromatic heterocycles. The van der Waals surface area contributed by atoms with Crippen LogP contribution in [0.2, 0.25) is 0 Å². The molecule has 127 heavy (non-hydrogen) atoms. The maximum Gasteiger partial charge on any atom is 0.497 e. The van der Waals surface area contributed by atoms with Gasteiger partial charge in [0.05, 0.1) is 115 Å². The quantitative estimate of drug-likeness (QED) is 0.0275. The van der Waals surface area contributed by atoms with Crippen LogP contribution in [0.3, 0.4) is 0 Å². The van der Waals surface area contributed by atoms with Gasteiger partial charge < -0.3 is 96.0 Å². The number of pyridine rings is 2. The van der Waals surface area contributed by atoms with Gasteiger partial charge in [-0.1, -0.05) is 0 Å². The molecule has 0 bridgehead atoms. The summed E-state index contributed by atoms with van der Waals surface area (Å²) in [6.45, 7) is 33.0. The van der Waals surface area contributed by atoms with Crippen molar-refractivity contribution in [3.63, 3.8) is 0 Å². The lowest BCUT2D eigenvalue weighted by molar-refractivity contribution is -0.0972. The Morgan fingerprint density at radius 2 is 0.764 bits per heavy atom. The number of hydrogen-bond donors (Lipinski definition) is 5. The Morgan fingerprint density at radius 3 is 1.12 bits per heavy atom. The van der Waals surface area contributed by atoms with Crippen LogP contribution in [0.4, 0.5) is 43.4 Å². The van der Waals surface area contributed by atoms with E-state index in [1.165, 1.54) is 97.1 Å². The molecule has 0 unspecified atom stereocenters. The Morgan fingerprint density at radius 1 is 0.441 bits per heavy atom. The zero-order chi connectivity index (χ0) is 92.2. The van der Waals surface area contributed by atoms with Crippen molar-refractivity contribution in [1.29, 1.82) is 0 Å². The van der Waals surface area contributed by atoms with Gasteiger partial charge in [-0.25, -0.2) is 15.0 Å². The number of hydrogen-bond acceptors (Lipinski definition) is 20. The van der Waals surface area contributed by atoms with E-state index in [1.54, 1.807) is 48.8 Å². The van der Waals surface area contributed by atoms with Gasteiger partial charge in [0.1, 0.15) is 54.5 Å². The molecule has 5 N–H and O–H groups in total. The molecule has 11 heterocycles. The number of nitrogens with zero attached hydrogens (tertiary/aromatic N) is 6. The van der Waals surface area contributed by atoms with E-state index in [9.17, 15) is 50.3 Å². The SMILES string of the molecule is CC1(C)OB(B2OC(C)(C)C(C)(C)O2)OC1(C)C.C[C@@H]1COCc2nc3cc(C(=O)Nc4ccc(OC(F)(F)Cl)cc4)cc(-c4cc(=O)cc[nH]4)c3n21.C[C@@H]1COCc2nc3cc(C(=O)Nc4ccc(OC(F)(F)Cl)cc4)cc(B4OC(C)(C)C(C)(C)O4)c3n21.C[C@@H]1COCc2nc3cc(C(=O)Nc4ccc(OC(F)(F)Cl)cc4)cc(Br)c3n21.O=c1cc[nH]c(Br)c1. The number of aromatic nitrogens is 8. The maximum atomic E-state index is 13.3. The molecule has 672 valence electrons. The van der Waals surface area contributed by atoms with Gasteiger partial charge in [0, 0.05) is 121 Å². The van der Waals surface area contributed by atoms with E-state index in [1.807, 2.05) is 104 Å². The predicted molar refractivity (Wildman–Crippen MR) is 476 cm³/mol. The van der Waals surface area contributed by atoms with Crippen LogP contribution in [-0.2, 0) is 62.0 Å². The molecule has 0 spiro atoms. The van der Waals surface area contributed by atoms with E-state index in [4.69, 9.17) is 81.9 Å². The largest absolute Gasteiger partial charge is 0.497 e. The normalized spacial score (nSPS) is 19.2. The van der Waals surface area contributed by atoms with Crippen LogP contribution in [0.1, 0.15) is 171 Å². The van der Waals surface area contributed by atoms with Crippen molar-refractivity contribution >= 4 is 161 Å². The van der Waals surface area contributed by atoms with Gasteiger partial charge in [0.15, 0.2) is 10.9 Å². The molecule has 28 nitrogen and oxygen atoms in total. The molecule has 3 atom stereocenters. The van der Waals surface area contributed by atoms with Crippen molar-refractivity contribution in [2.24, 2.45) is 0 Å². The first-order valence-electron chi connectivity index (χ1n) is 39.9. The fourth-order valence-electron chi connectivity index (χ4n) is 14.3.